The Hall–Kier alpha value is -0.610. The van der Waals surface area contributed by atoms with Crippen molar-refractivity contribution in [1.29, 1.82) is 0 Å². The lowest BCUT2D eigenvalue weighted by atomic mass is 9.88. The monoisotopic (exact) mass is 266 g/mol. The maximum absolute atomic E-state index is 12.4. The Bertz CT molecular complexity index is 301. The highest BCUT2D eigenvalue weighted by Crippen LogP contribution is 2.27. The molecule has 19 heavy (non-hydrogen) atoms. The van der Waals surface area contributed by atoms with Crippen molar-refractivity contribution in [3.63, 3.8) is 0 Å². The van der Waals surface area contributed by atoms with Crippen molar-refractivity contribution in [3.05, 3.63) is 0 Å². The third-order valence-electron chi connectivity index (χ3n) is 5.03. The number of nitrogens with one attached hydrogen (secondary N) is 1. The van der Waals surface area contributed by atoms with Gasteiger partial charge in [0.05, 0.1) is 12.5 Å². The van der Waals surface area contributed by atoms with Crippen LogP contribution in [0.5, 0.6) is 0 Å². The van der Waals surface area contributed by atoms with E-state index in [0.717, 1.165) is 44.5 Å². The van der Waals surface area contributed by atoms with E-state index in [2.05, 4.69) is 10.2 Å². The predicted molar refractivity (Wildman–Crippen MR) is 73.9 cm³/mol. The fourth-order valence-corrected chi connectivity index (χ4v) is 3.83. The van der Waals surface area contributed by atoms with Crippen molar-refractivity contribution in [2.75, 3.05) is 32.8 Å². The fraction of sp³-hybridized carbons (Fsp3) is 0.933. The predicted octanol–water partition coefficient (Wildman–Crippen LogP) is 1.40. The molecule has 0 bridgehead atoms. The van der Waals surface area contributed by atoms with Gasteiger partial charge in [0.2, 0.25) is 5.91 Å². The minimum atomic E-state index is 0.134. The molecule has 3 aliphatic heterocycles. The van der Waals surface area contributed by atoms with E-state index in [4.69, 9.17) is 4.74 Å². The molecule has 4 nitrogen and oxygen atoms in total. The van der Waals surface area contributed by atoms with E-state index in [9.17, 15) is 4.79 Å². The van der Waals surface area contributed by atoms with Gasteiger partial charge < -0.3 is 15.0 Å². The molecule has 0 aromatic rings. The fourth-order valence-electron chi connectivity index (χ4n) is 3.83. The molecule has 108 valence electrons. The molecule has 0 spiro atoms. The zero-order chi connectivity index (χ0) is 13.1. The third-order valence-corrected chi connectivity index (χ3v) is 5.03. The smallest absolute Gasteiger partial charge is 0.228 e. The van der Waals surface area contributed by atoms with E-state index >= 15 is 0 Å². The molecule has 3 saturated heterocycles. The zero-order valence-electron chi connectivity index (χ0n) is 11.8. The number of rotatable bonds is 2. The van der Waals surface area contributed by atoms with Crippen molar-refractivity contribution in [2.45, 2.75) is 44.6 Å². The Balaban J connectivity index is 1.47. The first-order valence-electron chi connectivity index (χ1n) is 7.94. The summed E-state index contributed by atoms with van der Waals surface area (Å²) in [6, 6.07) is 0.718. The Morgan fingerprint density at radius 2 is 1.95 bits per heavy atom. The molecular formula is C15H26N2O2. The maximum Gasteiger partial charge on any atom is 0.228 e. The van der Waals surface area contributed by atoms with Crippen LogP contribution in [-0.2, 0) is 9.53 Å². The van der Waals surface area contributed by atoms with Crippen LogP contribution in [0.15, 0.2) is 0 Å². The van der Waals surface area contributed by atoms with E-state index in [0.29, 0.717) is 12.5 Å². The molecule has 0 aliphatic carbocycles. The van der Waals surface area contributed by atoms with E-state index in [1.807, 2.05) is 0 Å². The average Bonchev–Trinajstić information content (AvgIpc) is 3.02. The van der Waals surface area contributed by atoms with Crippen LogP contribution in [0.3, 0.4) is 0 Å². The second kappa shape index (κ2) is 6.23. The number of likely N-dealkylation sites (tertiary alicyclic amines) is 1. The van der Waals surface area contributed by atoms with Gasteiger partial charge >= 0.3 is 0 Å². The summed E-state index contributed by atoms with van der Waals surface area (Å²) in [4.78, 5) is 14.5. The third kappa shape index (κ3) is 3.11. The first-order chi connectivity index (χ1) is 9.34. The Morgan fingerprint density at radius 3 is 2.58 bits per heavy atom. The number of carbonyl (C=O) groups is 1. The summed E-state index contributed by atoms with van der Waals surface area (Å²) in [5, 5.41) is 3.61. The van der Waals surface area contributed by atoms with Crippen LogP contribution in [0.2, 0.25) is 0 Å². The number of ether oxygens (including phenoxy) is 1. The van der Waals surface area contributed by atoms with Crippen LogP contribution < -0.4 is 5.32 Å². The molecular weight excluding hydrogens is 240 g/mol. The number of piperidine rings is 1. The molecule has 0 aromatic carbocycles. The van der Waals surface area contributed by atoms with Crippen LogP contribution >= 0.6 is 0 Å². The summed E-state index contributed by atoms with van der Waals surface area (Å²) in [6.07, 6.45) is 7.06. The first-order valence-corrected chi connectivity index (χ1v) is 7.94. The molecule has 0 radical (unpaired) electrons. The van der Waals surface area contributed by atoms with Gasteiger partial charge in [-0.25, -0.2) is 0 Å². The highest BCUT2D eigenvalue weighted by Gasteiger charge is 2.32. The Kier molecular flexibility index (Phi) is 4.38. The molecule has 1 N–H and O–H groups in total. The molecule has 0 saturated carbocycles. The van der Waals surface area contributed by atoms with Gasteiger partial charge in [-0.2, -0.15) is 0 Å². The lowest BCUT2D eigenvalue weighted by Crippen LogP contribution is -2.46. The SMILES string of the molecule is O=C(C1CCCOC1)N1CCC(C2CCCN2)CC1. The van der Waals surface area contributed by atoms with Gasteiger partial charge in [-0.05, 0) is 51.0 Å². The first kappa shape index (κ1) is 13.4. The van der Waals surface area contributed by atoms with Crippen molar-refractivity contribution in [3.8, 4) is 0 Å². The summed E-state index contributed by atoms with van der Waals surface area (Å²) in [5.74, 6) is 1.27. The van der Waals surface area contributed by atoms with E-state index < -0.39 is 0 Å². The number of carbonyl (C=O) groups excluding carboxylic acids is 1. The molecule has 0 aromatic heterocycles. The highest BCUT2D eigenvalue weighted by atomic mass is 16.5. The van der Waals surface area contributed by atoms with Crippen molar-refractivity contribution >= 4 is 5.91 Å². The molecule has 2 unspecified atom stereocenters. The van der Waals surface area contributed by atoms with Crippen molar-refractivity contribution in [1.82, 2.24) is 10.2 Å². The average molecular weight is 266 g/mol. The van der Waals surface area contributed by atoms with Crippen LogP contribution in [-0.4, -0.2) is 49.7 Å². The van der Waals surface area contributed by atoms with E-state index in [1.165, 1.54) is 32.2 Å². The lowest BCUT2D eigenvalue weighted by Gasteiger charge is -2.37. The number of hydrogen-bond donors (Lipinski definition) is 1. The van der Waals surface area contributed by atoms with Crippen molar-refractivity contribution < 1.29 is 9.53 Å². The van der Waals surface area contributed by atoms with E-state index in [-0.39, 0.29) is 5.92 Å². The summed E-state index contributed by atoms with van der Waals surface area (Å²) in [6.45, 7) is 4.57. The Morgan fingerprint density at radius 1 is 1.11 bits per heavy atom. The molecule has 3 heterocycles. The van der Waals surface area contributed by atoms with Crippen molar-refractivity contribution in [2.24, 2.45) is 11.8 Å². The normalized spacial score (nSPS) is 33.6. The zero-order valence-corrected chi connectivity index (χ0v) is 11.8. The lowest BCUT2D eigenvalue weighted by molar-refractivity contribution is -0.141. The van der Waals surface area contributed by atoms with Gasteiger partial charge in [0.1, 0.15) is 0 Å². The number of amides is 1. The molecule has 2 atom stereocenters. The molecule has 1 amide bonds. The van der Waals surface area contributed by atoms with Crippen LogP contribution in [0, 0.1) is 11.8 Å². The minimum Gasteiger partial charge on any atom is -0.381 e. The Labute approximate surface area is 115 Å². The van der Waals surface area contributed by atoms with Gasteiger partial charge in [-0.3, -0.25) is 4.79 Å². The molecule has 3 rings (SSSR count). The summed E-state index contributed by atoms with van der Waals surface area (Å²) in [5.41, 5.74) is 0. The number of nitrogens with zero attached hydrogens (tertiary/aromatic N) is 1. The van der Waals surface area contributed by atoms with Gasteiger partial charge in [-0.15, -0.1) is 0 Å². The highest BCUT2D eigenvalue weighted by molar-refractivity contribution is 5.79. The van der Waals surface area contributed by atoms with Crippen LogP contribution in [0.4, 0.5) is 0 Å². The quantitative estimate of drug-likeness (QED) is 0.821. The van der Waals surface area contributed by atoms with Gasteiger partial charge in [0, 0.05) is 25.7 Å². The second-order valence-electron chi connectivity index (χ2n) is 6.28. The second-order valence-corrected chi connectivity index (χ2v) is 6.28. The molecule has 3 aliphatic rings. The topological polar surface area (TPSA) is 41.6 Å². The number of hydrogen-bond acceptors (Lipinski definition) is 3. The van der Waals surface area contributed by atoms with Gasteiger partial charge in [0.15, 0.2) is 0 Å². The minimum absolute atomic E-state index is 0.134. The van der Waals surface area contributed by atoms with Gasteiger partial charge in [0.25, 0.3) is 0 Å². The molecule has 4 heteroatoms. The largest absolute Gasteiger partial charge is 0.381 e. The summed E-state index contributed by atoms with van der Waals surface area (Å²) >= 11 is 0. The summed E-state index contributed by atoms with van der Waals surface area (Å²) < 4.78 is 5.44. The van der Waals surface area contributed by atoms with Crippen LogP contribution in [0.1, 0.15) is 38.5 Å². The van der Waals surface area contributed by atoms with Crippen LogP contribution in [0.25, 0.3) is 0 Å². The van der Waals surface area contributed by atoms with Gasteiger partial charge in [-0.1, -0.05) is 0 Å². The van der Waals surface area contributed by atoms with E-state index in [1.54, 1.807) is 0 Å². The maximum atomic E-state index is 12.4. The molecule has 3 fully saturated rings. The standard InChI is InChI=1S/C15H26N2O2/c18-15(13-3-2-10-19-11-13)17-8-5-12(6-9-17)14-4-1-7-16-14/h12-14,16H,1-11H2. The summed E-state index contributed by atoms with van der Waals surface area (Å²) in [7, 11) is 0.